The number of carbonyl (C=O) groups excluding carboxylic acids is 2. The summed E-state index contributed by atoms with van der Waals surface area (Å²) in [5.74, 6) is -0.235. The second-order valence-corrected chi connectivity index (χ2v) is 7.79. The fourth-order valence-electron chi connectivity index (χ4n) is 4.62. The number of carbonyl (C=O) groups is 2. The van der Waals surface area contributed by atoms with Crippen molar-refractivity contribution >= 4 is 11.9 Å². The second kappa shape index (κ2) is 11.2. The minimum absolute atomic E-state index is 0.410. The zero-order valence-electron chi connectivity index (χ0n) is 20.9. The van der Waals surface area contributed by atoms with E-state index in [0.717, 1.165) is 0 Å². The van der Waals surface area contributed by atoms with Crippen LogP contribution in [0.1, 0.15) is 23.1 Å². The maximum Gasteiger partial charge on any atom is 0.323 e. The molecule has 0 radical (unpaired) electrons. The molecule has 0 spiro atoms. The van der Waals surface area contributed by atoms with E-state index in [2.05, 4.69) is 5.32 Å². The molecule has 2 aromatic rings. The number of methoxy groups -OCH3 is 7. The number of hydrogen-bond donors (Lipinski definition) is 1. The van der Waals surface area contributed by atoms with E-state index >= 15 is 0 Å². The fourth-order valence-corrected chi connectivity index (χ4v) is 4.62. The molecule has 0 amide bonds. The van der Waals surface area contributed by atoms with Crippen LogP contribution in [0.5, 0.6) is 28.7 Å². The Labute approximate surface area is 204 Å². The maximum atomic E-state index is 13.2. The highest BCUT2D eigenvalue weighted by molar-refractivity contribution is 5.83. The summed E-state index contributed by atoms with van der Waals surface area (Å²) in [6.07, 6.45) is 0. The molecule has 1 saturated heterocycles. The van der Waals surface area contributed by atoms with Crippen LogP contribution < -0.4 is 29.0 Å². The first-order valence-corrected chi connectivity index (χ1v) is 10.8. The highest BCUT2D eigenvalue weighted by atomic mass is 16.5. The third-order valence-corrected chi connectivity index (χ3v) is 6.23. The summed E-state index contributed by atoms with van der Waals surface area (Å²) in [4.78, 5) is 26.1. The van der Waals surface area contributed by atoms with Crippen molar-refractivity contribution in [1.82, 2.24) is 5.32 Å². The van der Waals surface area contributed by atoms with Gasteiger partial charge in [-0.15, -0.1) is 0 Å². The Bertz CT molecular complexity index is 1050. The van der Waals surface area contributed by atoms with Crippen molar-refractivity contribution in [2.75, 3.05) is 49.8 Å². The SMILES string of the molecule is COC(=O)[C@@H]1[C@@H](c2ccc(OC)c(OC)c2)[C@H](C(=O)OC)N[C@@H]1c1cc(OC)c(OC)c(OC)c1. The molecule has 0 bridgehead atoms. The number of benzene rings is 2. The molecule has 10 heteroatoms. The van der Waals surface area contributed by atoms with Crippen molar-refractivity contribution in [2.24, 2.45) is 5.92 Å². The maximum absolute atomic E-state index is 13.2. The minimum Gasteiger partial charge on any atom is -0.493 e. The van der Waals surface area contributed by atoms with E-state index in [9.17, 15) is 9.59 Å². The minimum atomic E-state index is -0.855. The van der Waals surface area contributed by atoms with Gasteiger partial charge in [0.25, 0.3) is 0 Å². The van der Waals surface area contributed by atoms with E-state index in [-0.39, 0.29) is 0 Å². The van der Waals surface area contributed by atoms with Gasteiger partial charge in [-0.3, -0.25) is 14.9 Å². The van der Waals surface area contributed by atoms with Crippen LogP contribution in [-0.2, 0) is 19.1 Å². The van der Waals surface area contributed by atoms with Crippen LogP contribution in [0.3, 0.4) is 0 Å². The van der Waals surface area contributed by atoms with Crippen LogP contribution in [-0.4, -0.2) is 67.7 Å². The normalized spacial score (nSPS) is 21.1. The smallest absolute Gasteiger partial charge is 0.323 e. The van der Waals surface area contributed by atoms with E-state index in [4.69, 9.17) is 33.2 Å². The van der Waals surface area contributed by atoms with Crippen LogP contribution in [0.2, 0.25) is 0 Å². The first-order valence-electron chi connectivity index (χ1n) is 10.8. The van der Waals surface area contributed by atoms with Gasteiger partial charge in [-0.05, 0) is 35.4 Å². The van der Waals surface area contributed by atoms with Gasteiger partial charge in [0.15, 0.2) is 23.0 Å². The molecular formula is C25H31NO9. The van der Waals surface area contributed by atoms with Crippen LogP contribution >= 0.6 is 0 Å². The van der Waals surface area contributed by atoms with E-state index < -0.39 is 35.9 Å². The molecule has 1 N–H and O–H groups in total. The molecule has 10 nitrogen and oxygen atoms in total. The van der Waals surface area contributed by atoms with Gasteiger partial charge >= 0.3 is 11.9 Å². The van der Waals surface area contributed by atoms with Gasteiger partial charge in [0.05, 0.1) is 55.7 Å². The summed E-state index contributed by atoms with van der Waals surface area (Å²) >= 11 is 0. The van der Waals surface area contributed by atoms with Gasteiger partial charge in [-0.2, -0.15) is 0 Å². The Morgan fingerprint density at radius 1 is 0.657 bits per heavy atom. The summed E-state index contributed by atoms with van der Waals surface area (Å²) in [5, 5.41) is 3.28. The van der Waals surface area contributed by atoms with E-state index in [1.54, 1.807) is 30.3 Å². The zero-order chi connectivity index (χ0) is 25.7. The summed E-state index contributed by atoms with van der Waals surface area (Å²) in [6, 6.07) is 7.24. The van der Waals surface area contributed by atoms with Crippen molar-refractivity contribution in [3.8, 4) is 28.7 Å². The van der Waals surface area contributed by atoms with E-state index in [0.29, 0.717) is 39.9 Å². The molecule has 2 aromatic carbocycles. The molecule has 1 heterocycles. The van der Waals surface area contributed by atoms with Crippen molar-refractivity contribution in [3.05, 3.63) is 41.5 Å². The third kappa shape index (κ3) is 4.79. The van der Waals surface area contributed by atoms with Gasteiger partial charge < -0.3 is 33.2 Å². The molecule has 35 heavy (non-hydrogen) atoms. The van der Waals surface area contributed by atoms with Crippen LogP contribution in [0.4, 0.5) is 0 Å². The van der Waals surface area contributed by atoms with Crippen LogP contribution in [0.25, 0.3) is 0 Å². The lowest BCUT2D eigenvalue weighted by atomic mass is 9.79. The van der Waals surface area contributed by atoms with Gasteiger partial charge in [-0.1, -0.05) is 6.07 Å². The predicted octanol–water partition coefficient (Wildman–Crippen LogP) is 2.49. The number of hydrogen-bond acceptors (Lipinski definition) is 10. The molecule has 0 unspecified atom stereocenters. The molecule has 190 valence electrons. The molecule has 0 saturated carbocycles. The number of esters is 2. The predicted molar refractivity (Wildman–Crippen MR) is 126 cm³/mol. The highest BCUT2D eigenvalue weighted by Crippen LogP contribution is 2.48. The van der Waals surface area contributed by atoms with Crippen LogP contribution in [0.15, 0.2) is 30.3 Å². The Hall–Kier alpha value is -3.66. The average molecular weight is 490 g/mol. The molecule has 1 aliphatic heterocycles. The molecular weight excluding hydrogens is 458 g/mol. The Morgan fingerprint density at radius 2 is 1.20 bits per heavy atom. The van der Waals surface area contributed by atoms with Gasteiger partial charge in [-0.25, -0.2) is 0 Å². The quantitative estimate of drug-likeness (QED) is 0.528. The lowest BCUT2D eigenvalue weighted by Gasteiger charge is -2.25. The highest BCUT2D eigenvalue weighted by Gasteiger charge is 2.52. The van der Waals surface area contributed by atoms with Gasteiger partial charge in [0, 0.05) is 12.0 Å². The number of rotatable bonds is 9. The van der Waals surface area contributed by atoms with Crippen molar-refractivity contribution in [3.63, 3.8) is 0 Å². The first-order chi connectivity index (χ1) is 16.9. The summed E-state index contributed by atoms with van der Waals surface area (Å²) in [7, 11) is 10.2. The zero-order valence-corrected chi connectivity index (χ0v) is 20.9. The third-order valence-electron chi connectivity index (χ3n) is 6.23. The molecule has 4 atom stereocenters. The van der Waals surface area contributed by atoms with Crippen LogP contribution in [0, 0.1) is 5.92 Å². The largest absolute Gasteiger partial charge is 0.493 e. The Morgan fingerprint density at radius 3 is 1.69 bits per heavy atom. The molecule has 1 fully saturated rings. The molecule has 3 rings (SSSR count). The van der Waals surface area contributed by atoms with Crippen molar-refractivity contribution in [1.29, 1.82) is 0 Å². The van der Waals surface area contributed by atoms with Gasteiger partial charge in [0.1, 0.15) is 6.04 Å². The topological polar surface area (TPSA) is 111 Å². The summed E-state index contributed by atoms with van der Waals surface area (Å²) < 4.78 is 37.5. The molecule has 0 aromatic heterocycles. The van der Waals surface area contributed by atoms with Gasteiger partial charge in [0.2, 0.25) is 5.75 Å². The lowest BCUT2D eigenvalue weighted by Crippen LogP contribution is -2.36. The van der Waals surface area contributed by atoms with E-state index in [1.807, 2.05) is 0 Å². The summed E-state index contributed by atoms with van der Waals surface area (Å²) in [6.45, 7) is 0. The first kappa shape index (κ1) is 26.0. The lowest BCUT2D eigenvalue weighted by molar-refractivity contribution is -0.146. The average Bonchev–Trinajstić information content (AvgIpc) is 3.31. The summed E-state index contributed by atoms with van der Waals surface area (Å²) in [5.41, 5.74) is 1.32. The molecule has 1 aliphatic rings. The fraction of sp³-hybridized carbons (Fsp3) is 0.440. The van der Waals surface area contributed by atoms with E-state index in [1.165, 1.54) is 49.8 Å². The monoisotopic (exact) mass is 489 g/mol. The van der Waals surface area contributed by atoms with Crippen molar-refractivity contribution in [2.45, 2.75) is 18.0 Å². The van der Waals surface area contributed by atoms with Crippen molar-refractivity contribution < 1.29 is 42.7 Å². The second-order valence-electron chi connectivity index (χ2n) is 7.79. The number of ether oxygens (including phenoxy) is 7. The number of nitrogens with one attached hydrogen (secondary N) is 1. The standard InChI is InChI=1S/C25H31NO9/c1-29-15-9-8-13(10-16(15)30-2)19-20(24(27)34-6)21(26-22(19)25(28)35-7)14-11-17(31-3)23(33-5)18(12-14)32-4/h8-12,19-22,26H,1-7H3/t19-,20-,21-,22-/m1/s1. The Kier molecular flexibility index (Phi) is 8.29. The Balaban J connectivity index is 2.21. The molecule has 0 aliphatic carbocycles.